The van der Waals surface area contributed by atoms with Crippen molar-refractivity contribution in [3.8, 4) is 0 Å². The largest absolute Gasteiger partial charge is 0.336 e. The third-order valence-corrected chi connectivity index (χ3v) is 6.95. The van der Waals surface area contributed by atoms with Crippen molar-refractivity contribution >= 4 is 11.2 Å². The molecule has 2 fully saturated rings. The van der Waals surface area contributed by atoms with Crippen LogP contribution in [0.3, 0.4) is 0 Å². The SMILES string of the molecule is CCCn1c(=O)c2[nH]c(C3(C)CC4CC(C)CC3C4)nc2n(CCC)c1=O. The normalized spacial score (nSPS) is 30.3. The third-order valence-electron chi connectivity index (χ3n) is 6.95. The highest BCUT2D eigenvalue weighted by Gasteiger charge is 2.50. The van der Waals surface area contributed by atoms with Gasteiger partial charge in [0.05, 0.1) is 0 Å². The quantitative estimate of drug-likeness (QED) is 0.874. The molecule has 148 valence electrons. The Balaban J connectivity index is 1.90. The smallest absolute Gasteiger partial charge is 0.332 e. The molecule has 0 radical (unpaired) electrons. The predicted molar refractivity (Wildman–Crippen MR) is 107 cm³/mol. The van der Waals surface area contributed by atoms with Crippen molar-refractivity contribution in [2.24, 2.45) is 17.8 Å². The molecule has 2 aliphatic carbocycles. The van der Waals surface area contributed by atoms with E-state index in [1.807, 2.05) is 13.8 Å². The van der Waals surface area contributed by atoms with Gasteiger partial charge in [-0.1, -0.05) is 27.7 Å². The second kappa shape index (κ2) is 6.64. The molecule has 6 heteroatoms. The van der Waals surface area contributed by atoms with Gasteiger partial charge in [0.2, 0.25) is 0 Å². The number of aromatic amines is 1. The van der Waals surface area contributed by atoms with Crippen LogP contribution in [0.4, 0.5) is 0 Å². The molecule has 2 aromatic rings. The van der Waals surface area contributed by atoms with E-state index in [2.05, 4.69) is 18.8 Å². The molecule has 0 saturated heterocycles. The number of imidazole rings is 1. The average molecular weight is 373 g/mol. The Labute approximate surface area is 160 Å². The number of nitrogens with one attached hydrogen (secondary N) is 1. The van der Waals surface area contributed by atoms with Crippen molar-refractivity contribution in [3.05, 3.63) is 26.7 Å². The molecule has 1 N–H and O–H groups in total. The van der Waals surface area contributed by atoms with Gasteiger partial charge in [-0.15, -0.1) is 0 Å². The lowest BCUT2D eigenvalue weighted by Gasteiger charge is -2.31. The van der Waals surface area contributed by atoms with Crippen LogP contribution >= 0.6 is 0 Å². The molecule has 2 heterocycles. The van der Waals surface area contributed by atoms with Gasteiger partial charge in [0, 0.05) is 18.5 Å². The molecule has 4 rings (SSSR count). The molecular weight excluding hydrogens is 340 g/mol. The fraction of sp³-hybridized carbons (Fsp3) is 0.762. The van der Waals surface area contributed by atoms with Gasteiger partial charge in [-0.3, -0.25) is 13.9 Å². The zero-order valence-electron chi connectivity index (χ0n) is 17.0. The van der Waals surface area contributed by atoms with E-state index in [0.717, 1.165) is 36.9 Å². The molecule has 2 saturated carbocycles. The van der Waals surface area contributed by atoms with Crippen molar-refractivity contribution < 1.29 is 0 Å². The van der Waals surface area contributed by atoms with E-state index in [1.165, 1.54) is 23.8 Å². The minimum absolute atomic E-state index is 0.0242. The van der Waals surface area contributed by atoms with Crippen LogP contribution in [0.15, 0.2) is 9.59 Å². The Kier molecular flexibility index (Phi) is 4.55. The molecule has 2 aliphatic rings. The van der Waals surface area contributed by atoms with Crippen molar-refractivity contribution in [1.82, 2.24) is 19.1 Å². The fourth-order valence-corrected chi connectivity index (χ4v) is 5.77. The second-order valence-electron chi connectivity index (χ2n) is 9.17. The number of aromatic nitrogens is 4. The molecule has 0 aliphatic heterocycles. The standard InChI is InChI=1S/C21H32N4O2/c1-5-7-24-17-16(18(26)25(8-6-2)20(24)27)22-19(23-17)21(4)12-14-9-13(3)10-15(21)11-14/h13-15H,5-12H2,1-4H3,(H,22,23). The maximum absolute atomic E-state index is 13.0. The summed E-state index contributed by atoms with van der Waals surface area (Å²) >= 11 is 0. The molecule has 4 atom stereocenters. The predicted octanol–water partition coefficient (Wildman–Crippen LogP) is 3.42. The fourth-order valence-electron chi connectivity index (χ4n) is 5.77. The summed E-state index contributed by atoms with van der Waals surface area (Å²) in [5, 5.41) is 0. The van der Waals surface area contributed by atoms with Gasteiger partial charge < -0.3 is 4.98 Å². The number of aryl methyl sites for hydroxylation is 1. The second-order valence-corrected chi connectivity index (χ2v) is 9.17. The summed E-state index contributed by atoms with van der Waals surface area (Å²) in [6.07, 6.45) is 6.51. The number of fused-ring (bicyclic) bond motifs is 3. The van der Waals surface area contributed by atoms with E-state index in [1.54, 1.807) is 4.57 Å². The van der Waals surface area contributed by atoms with Gasteiger partial charge in [-0.25, -0.2) is 9.78 Å². The molecule has 0 aromatic carbocycles. The van der Waals surface area contributed by atoms with Crippen LogP contribution in [-0.2, 0) is 18.5 Å². The van der Waals surface area contributed by atoms with Gasteiger partial charge in [-0.05, 0) is 56.3 Å². The molecule has 27 heavy (non-hydrogen) atoms. The number of nitrogens with zero attached hydrogens (tertiary/aromatic N) is 3. The molecule has 2 aromatic heterocycles. The van der Waals surface area contributed by atoms with Gasteiger partial charge in [0.25, 0.3) is 5.56 Å². The monoisotopic (exact) mass is 372 g/mol. The first-order valence-corrected chi connectivity index (χ1v) is 10.6. The number of hydrogen-bond acceptors (Lipinski definition) is 3. The maximum atomic E-state index is 13.0. The minimum Gasteiger partial charge on any atom is -0.336 e. The molecule has 2 bridgehead atoms. The van der Waals surface area contributed by atoms with Crippen LogP contribution in [-0.4, -0.2) is 19.1 Å². The lowest BCUT2D eigenvalue weighted by molar-refractivity contribution is 0.242. The Hall–Kier alpha value is -1.85. The first-order valence-electron chi connectivity index (χ1n) is 10.6. The van der Waals surface area contributed by atoms with Crippen LogP contribution in [0.5, 0.6) is 0 Å². The van der Waals surface area contributed by atoms with E-state index in [4.69, 9.17) is 4.98 Å². The number of H-pyrrole nitrogens is 1. The van der Waals surface area contributed by atoms with Crippen molar-refractivity contribution in [1.29, 1.82) is 0 Å². The van der Waals surface area contributed by atoms with Crippen LogP contribution in [0.25, 0.3) is 11.2 Å². The van der Waals surface area contributed by atoms with Crippen LogP contribution in [0.2, 0.25) is 0 Å². The molecule has 0 spiro atoms. The maximum Gasteiger partial charge on any atom is 0.332 e. The minimum atomic E-state index is -0.224. The first-order chi connectivity index (χ1) is 12.9. The van der Waals surface area contributed by atoms with E-state index in [-0.39, 0.29) is 16.7 Å². The van der Waals surface area contributed by atoms with E-state index < -0.39 is 0 Å². The molecule has 0 amide bonds. The zero-order chi connectivity index (χ0) is 19.3. The van der Waals surface area contributed by atoms with Gasteiger partial charge >= 0.3 is 5.69 Å². The highest BCUT2D eigenvalue weighted by Crippen LogP contribution is 2.55. The Bertz CT molecular complexity index is 969. The van der Waals surface area contributed by atoms with Gasteiger partial charge in [0.1, 0.15) is 11.3 Å². The summed E-state index contributed by atoms with van der Waals surface area (Å²) in [4.78, 5) is 34.2. The summed E-state index contributed by atoms with van der Waals surface area (Å²) in [6.45, 7) is 9.73. The third kappa shape index (κ3) is 2.79. The van der Waals surface area contributed by atoms with Gasteiger partial charge in [0.15, 0.2) is 5.65 Å². The van der Waals surface area contributed by atoms with E-state index in [0.29, 0.717) is 30.2 Å². The van der Waals surface area contributed by atoms with Gasteiger partial charge in [-0.2, -0.15) is 0 Å². The zero-order valence-corrected chi connectivity index (χ0v) is 17.0. The topological polar surface area (TPSA) is 72.7 Å². The van der Waals surface area contributed by atoms with E-state index in [9.17, 15) is 9.59 Å². The van der Waals surface area contributed by atoms with Crippen molar-refractivity contribution in [2.45, 2.75) is 84.7 Å². The highest BCUT2D eigenvalue weighted by molar-refractivity contribution is 5.70. The highest BCUT2D eigenvalue weighted by atomic mass is 16.2. The van der Waals surface area contributed by atoms with Crippen LogP contribution in [0.1, 0.15) is 72.0 Å². The summed E-state index contributed by atoms with van der Waals surface area (Å²) < 4.78 is 3.07. The lowest BCUT2D eigenvalue weighted by atomic mass is 9.74. The van der Waals surface area contributed by atoms with E-state index >= 15 is 0 Å². The Morgan fingerprint density at radius 1 is 1.11 bits per heavy atom. The molecular formula is C21H32N4O2. The number of hydrogen-bond donors (Lipinski definition) is 1. The Morgan fingerprint density at radius 3 is 2.52 bits per heavy atom. The lowest BCUT2D eigenvalue weighted by Crippen LogP contribution is -2.40. The van der Waals surface area contributed by atoms with Crippen molar-refractivity contribution in [3.63, 3.8) is 0 Å². The summed E-state index contributed by atoms with van der Waals surface area (Å²) in [7, 11) is 0. The number of rotatable bonds is 5. The van der Waals surface area contributed by atoms with Crippen molar-refractivity contribution in [2.75, 3.05) is 0 Å². The van der Waals surface area contributed by atoms with Crippen LogP contribution in [0, 0.1) is 17.8 Å². The average Bonchev–Trinajstić information content (AvgIpc) is 3.16. The molecule has 6 nitrogen and oxygen atoms in total. The first kappa shape index (κ1) is 18.5. The Morgan fingerprint density at radius 2 is 1.81 bits per heavy atom. The summed E-state index contributed by atoms with van der Waals surface area (Å²) in [5.41, 5.74) is 0.579. The van der Waals surface area contributed by atoms with Crippen LogP contribution < -0.4 is 11.2 Å². The summed E-state index contributed by atoms with van der Waals surface area (Å²) in [6, 6.07) is 0. The molecule has 4 unspecified atom stereocenters. The summed E-state index contributed by atoms with van der Waals surface area (Å²) in [5.74, 6) is 3.04.